The number of benzene rings is 2. The average Bonchev–Trinajstić information content (AvgIpc) is 2.86. The second-order valence-electron chi connectivity index (χ2n) is 4.48. The van der Waals surface area contributed by atoms with E-state index in [-0.39, 0.29) is 15.6 Å². The standard InChI is InChI=1S/C14H12ClN3O2S/c15-9-6-7-12-11(8-9)13(14(17-12)18-16)21(19,20)10-4-2-1-3-5-10/h1-8,17-18H,16H2. The maximum atomic E-state index is 12.8. The molecule has 1 aromatic heterocycles. The number of nitrogens with one attached hydrogen (secondary N) is 2. The van der Waals surface area contributed by atoms with E-state index in [1.807, 2.05) is 0 Å². The number of halogens is 1. The van der Waals surface area contributed by atoms with Crippen molar-refractivity contribution in [2.24, 2.45) is 5.84 Å². The van der Waals surface area contributed by atoms with Gasteiger partial charge in [-0.05, 0) is 30.3 Å². The first-order valence-corrected chi connectivity index (χ1v) is 7.98. The minimum Gasteiger partial charge on any atom is -0.339 e. The fraction of sp³-hybridized carbons (Fsp3) is 0. The molecule has 3 rings (SSSR count). The van der Waals surface area contributed by atoms with Gasteiger partial charge in [-0.3, -0.25) is 0 Å². The fourth-order valence-electron chi connectivity index (χ4n) is 2.24. The summed E-state index contributed by atoms with van der Waals surface area (Å²) in [6.45, 7) is 0. The van der Waals surface area contributed by atoms with Gasteiger partial charge in [0.05, 0.1) is 4.90 Å². The summed E-state index contributed by atoms with van der Waals surface area (Å²) >= 11 is 5.98. The molecule has 0 bridgehead atoms. The maximum Gasteiger partial charge on any atom is 0.210 e. The number of fused-ring (bicyclic) bond motifs is 1. The van der Waals surface area contributed by atoms with Gasteiger partial charge < -0.3 is 10.4 Å². The van der Waals surface area contributed by atoms with E-state index >= 15 is 0 Å². The number of hydrogen-bond acceptors (Lipinski definition) is 4. The van der Waals surface area contributed by atoms with E-state index in [1.54, 1.807) is 48.5 Å². The van der Waals surface area contributed by atoms with E-state index < -0.39 is 9.84 Å². The Morgan fingerprint density at radius 2 is 1.81 bits per heavy atom. The third kappa shape index (κ3) is 2.27. The number of aromatic nitrogens is 1. The van der Waals surface area contributed by atoms with Crippen molar-refractivity contribution in [3.63, 3.8) is 0 Å². The van der Waals surface area contributed by atoms with Gasteiger partial charge in [-0.1, -0.05) is 29.8 Å². The molecule has 2 aromatic carbocycles. The molecule has 0 unspecified atom stereocenters. The Bertz CT molecular complexity index is 905. The van der Waals surface area contributed by atoms with Crippen LogP contribution < -0.4 is 11.3 Å². The highest BCUT2D eigenvalue weighted by molar-refractivity contribution is 7.92. The molecule has 0 saturated heterocycles. The number of anilines is 1. The van der Waals surface area contributed by atoms with Gasteiger partial charge in [-0.15, -0.1) is 0 Å². The van der Waals surface area contributed by atoms with Crippen LogP contribution in [0.15, 0.2) is 58.3 Å². The number of H-pyrrole nitrogens is 1. The van der Waals surface area contributed by atoms with Crippen LogP contribution in [0.3, 0.4) is 0 Å². The molecule has 0 spiro atoms. The monoisotopic (exact) mass is 321 g/mol. The van der Waals surface area contributed by atoms with E-state index in [2.05, 4.69) is 10.4 Å². The average molecular weight is 322 g/mol. The van der Waals surface area contributed by atoms with Crippen LogP contribution in [0.1, 0.15) is 0 Å². The number of hydrazine groups is 1. The predicted octanol–water partition coefficient (Wildman–Crippen LogP) is 2.94. The molecule has 0 amide bonds. The first-order valence-electron chi connectivity index (χ1n) is 6.12. The molecule has 0 saturated carbocycles. The Balaban J connectivity index is 2.36. The first-order chi connectivity index (χ1) is 10.0. The fourth-order valence-corrected chi connectivity index (χ4v) is 4.00. The van der Waals surface area contributed by atoms with Crippen LogP contribution in [0.4, 0.5) is 5.82 Å². The highest BCUT2D eigenvalue weighted by atomic mass is 35.5. The van der Waals surface area contributed by atoms with Crippen molar-refractivity contribution >= 4 is 38.2 Å². The second kappa shape index (κ2) is 5.07. The van der Waals surface area contributed by atoms with Crippen molar-refractivity contribution in [1.29, 1.82) is 0 Å². The van der Waals surface area contributed by atoms with Gasteiger partial charge in [0, 0.05) is 15.9 Å². The van der Waals surface area contributed by atoms with Crippen LogP contribution >= 0.6 is 11.6 Å². The molecule has 1 heterocycles. The molecule has 0 atom stereocenters. The number of sulfone groups is 1. The van der Waals surface area contributed by atoms with E-state index in [1.165, 1.54) is 0 Å². The Labute approximate surface area is 126 Å². The normalized spacial score (nSPS) is 11.7. The van der Waals surface area contributed by atoms with Crippen molar-refractivity contribution in [3.8, 4) is 0 Å². The number of hydrogen-bond donors (Lipinski definition) is 3. The Morgan fingerprint density at radius 3 is 2.48 bits per heavy atom. The first kappa shape index (κ1) is 13.9. The lowest BCUT2D eigenvalue weighted by atomic mass is 10.2. The topological polar surface area (TPSA) is 88.0 Å². The molecule has 0 aliphatic rings. The number of nitrogen functional groups attached to an aromatic ring is 1. The summed E-state index contributed by atoms with van der Waals surface area (Å²) in [4.78, 5) is 3.23. The molecule has 0 aliphatic carbocycles. The third-order valence-corrected chi connectivity index (χ3v) is 5.27. The number of nitrogens with two attached hydrogens (primary N) is 1. The van der Waals surface area contributed by atoms with Crippen LogP contribution in [-0.2, 0) is 9.84 Å². The zero-order valence-electron chi connectivity index (χ0n) is 10.8. The molecule has 7 heteroatoms. The second-order valence-corrected chi connectivity index (χ2v) is 6.80. The molecule has 108 valence electrons. The van der Waals surface area contributed by atoms with Crippen molar-refractivity contribution in [2.75, 3.05) is 5.43 Å². The van der Waals surface area contributed by atoms with E-state index in [4.69, 9.17) is 17.4 Å². The zero-order valence-corrected chi connectivity index (χ0v) is 12.4. The van der Waals surface area contributed by atoms with Gasteiger partial charge in [0.15, 0.2) is 0 Å². The lowest BCUT2D eigenvalue weighted by molar-refractivity contribution is 0.597. The molecule has 0 radical (unpaired) electrons. The van der Waals surface area contributed by atoms with Gasteiger partial charge in [-0.2, -0.15) is 0 Å². The third-order valence-electron chi connectivity index (χ3n) is 3.18. The summed E-state index contributed by atoms with van der Waals surface area (Å²) in [5.41, 5.74) is 3.04. The van der Waals surface area contributed by atoms with Gasteiger partial charge in [-0.25, -0.2) is 14.3 Å². The summed E-state index contributed by atoms with van der Waals surface area (Å²) in [5, 5.41) is 0.953. The highest BCUT2D eigenvalue weighted by Crippen LogP contribution is 2.35. The van der Waals surface area contributed by atoms with Gasteiger partial charge in [0.2, 0.25) is 9.84 Å². The largest absolute Gasteiger partial charge is 0.339 e. The van der Waals surface area contributed by atoms with E-state index in [9.17, 15) is 8.42 Å². The number of aromatic amines is 1. The molecule has 4 N–H and O–H groups in total. The van der Waals surface area contributed by atoms with Gasteiger partial charge >= 0.3 is 0 Å². The van der Waals surface area contributed by atoms with Crippen LogP contribution in [0.5, 0.6) is 0 Å². The summed E-state index contributed by atoms with van der Waals surface area (Å²) in [6, 6.07) is 13.2. The predicted molar refractivity (Wildman–Crippen MR) is 83.0 cm³/mol. The Kier molecular flexibility index (Phi) is 3.36. The van der Waals surface area contributed by atoms with Crippen LogP contribution in [0, 0.1) is 0 Å². The van der Waals surface area contributed by atoms with Crippen LogP contribution in [0.2, 0.25) is 5.02 Å². The minimum absolute atomic E-state index is 0.0914. The van der Waals surface area contributed by atoms with Crippen LogP contribution in [0.25, 0.3) is 10.9 Å². The number of rotatable bonds is 3. The summed E-state index contributed by atoms with van der Waals surface area (Å²) in [5.74, 6) is 5.68. The SMILES string of the molecule is NNc1[nH]c2ccc(Cl)cc2c1S(=O)(=O)c1ccccc1. The van der Waals surface area contributed by atoms with Crippen molar-refractivity contribution in [3.05, 3.63) is 53.6 Å². The van der Waals surface area contributed by atoms with Gasteiger partial charge in [0.1, 0.15) is 10.7 Å². The van der Waals surface area contributed by atoms with Gasteiger partial charge in [0.25, 0.3) is 0 Å². The lowest BCUT2D eigenvalue weighted by Gasteiger charge is -2.06. The molecular weight excluding hydrogens is 310 g/mol. The van der Waals surface area contributed by atoms with Crippen molar-refractivity contribution < 1.29 is 8.42 Å². The van der Waals surface area contributed by atoms with Crippen LogP contribution in [-0.4, -0.2) is 13.4 Å². The van der Waals surface area contributed by atoms with Crippen molar-refractivity contribution in [1.82, 2.24) is 4.98 Å². The Morgan fingerprint density at radius 1 is 1.10 bits per heavy atom. The summed E-state index contributed by atoms with van der Waals surface area (Å²) < 4.78 is 25.7. The van der Waals surface area contributed by atoms with Crippen molar-refractivity contribution in [2.45, 2.75) is 9.79 Å². The van der Waals surface area contributed by atoms with E-state index in [0.29, 0.717) is 15.9 Å². The quantitative estimate of drug-likeness (QED) is 0.511. The molecule has 5 nitrogen and oxygen atoms in total. The smallest absolute Gasteiger partial charge is 0.210 e. The molecule has 3 aromatic rings. The lowest BCUT2D eigenvalue weighted by Crippen LogP contribution is -2.11. The minimum atomic E-state index is -3.71. The van der Waals surface area contributed by atoms with E-state index in [0.717, 1.165) is 0 Å². The summed E-state index contributed by atoms with van der Waals surface area (Å²) in [6.07, 6.45) is 0. The maximum absolute atomic E-state index is 12.8. The Hall–Kier alpha value is -2.02. The molecule has 0 fully saturated rings. The molecule has 0 aliphatic heterocycles. The molecule has 21 heavy (non-hydrogen) atoms. The highest BCUT2D eigenvalue weighted by Gasteiger charge is 2.26. The zero-order chi connectivity index (χ0) is 15.0. The molecular formula is C14H12ClN3O2S. The summed E-state index contributed by atoms with van der Waals surface area (Å²) in [7, 11) is -3.71.